The third-order valence-electron chi connectivity index (χ3n) is 3.69. The van der Waals surface area contributed by atoms with Crippen molar-refractivity contribution in [2.24, 2.45) is 0 Å². The summed E-state index contributed by atoms with van der Waals surface area (Å²) in [6.45, 7) is 1.25. The van der Waals surface area contributed by atoms with Gasteiger partial charge in [0, 0.05) is 23.7 Å². The van der Waals surface area contributed by atoms with E-state index in [-0.39, 0.29) is 29.5 Å². The van der Waals surface area contributed by atoms with Gasteiger partial charge in [-0.1, -0.05) is 17.7 Å². The molecule has 116 valence electrons. The molecule has 21 heavy (non-hydrogen) atoms. The summed E-state index contributed by atoms with van der Waals surface area (Å²) < 4.78 is 13.7. The van der Waals surface area contributed by atoms with Crippen molar-refractivity contribution in [2.75, 3.05) is 33.7 Å². The molecular formula is C15H20ClFN2O2. The highest BCUT2D eigenvalue weighted by Crippen LogP contribution is 2.25. The number of nitrogens with zero attached hydrogens (tertiary/aromatic N) is 2. The summed E-state index contributed by atoms with van der Waals surface area (Å²) >= 11 is 5.94. The molecule has 0 aromatic heterocycles. The van der Waals surface area contributed by atoms with Crippen LogP contribution in [0.2, 0.25) is 5.02 Å². The molecular weight excluding hydrogens is 295 g/mol. The number of hydrogen-bond donors (Lipinski definition) is 1. The highest BCUT2D eigenvalue weighted by Gasteiger charge is 2.38. The molecule has 1 aliphatic heterocycles. The number of halogens is 2. The minimum atomic E-state index is -0.891. The average molecular weight is 315 g/mol. The van der Waals surface area contributed by atoms with Gasteiger partial charge in [-0.15, -0.1) is 0 Å². The van der Waals surface area contributed by atoms with Gasteiger partial charge >= 0.3 is 0 Å². The zero-order chi connectivity index (χ0) is 15.6. The van der Waals surface area contributed by atoms with E-state index in [1.807, 2.05) is 19.0 Å². The van der Waals surface area contributed by atoms with Crippen LogP contribution in [0, 0.1) is 5.82 Å². The Kier molecular flexibility index (Phi) is 4.86. The van der Waals surface area contributed by atoms with Gasteiger partial charge in [0.05, 0.1) is 18.6 Å². The van der Waals surface area contributed by atoms with Crippen LogP contribution >= 0.6 is 11.6 Å². The molecule has 1 fully saturated rings. The molecule has 1 atom stereocenters. The maximum atomic E-state index is 13.7. The van der Waals surface area contributed by atoms with Crippen molar-refractivity contribution in [1.82, 2.24) is 9.80 Å². The molecule has 0 spiro atoms. The third-order valence-corrected chi connectivity index (χ3v) is 4.04. The topological polar surface area (TPSA) is 43.8 Å². The molecule has 0 saturated carbocycles. The lowest BCUT2D eigenvalue weighted by Gasteiger charge is -2.26. The van der Waals surface area contributed by atoms with Crippen LogP contribution in [0.3, 0.4) is 0 Å². The zero-order valence-corrected chi connectivity index (χ0v) is 13.0. The second-order valence-corrected chi connectivity index (χ2v) is 6.31. The molecule has 1 aromatic rings. The Bertz CT molecular complexity index is 518. The average Bonchev–Trinajstić information content (AvgIpc) is 2.75. The van der Waals surface area contributed by atoms with Crippen LogP contribution in [0.15, 0.2) is 18.2 Å². The number of likely N-dealkylation sites (N-methyl/N-ethyl adjacent to an activating group) is 1. The van der Waals surface area contributed by atoms with E-state index in [4.69, 9.17) is 11.6 Å². The molecule has 1 unspecified atom stereocenters. The van der Waals surface area contributed by atoms with Gasteiger partial charge in [-0.3, -0.25) is 4.79 Å². The Morgan fingerprint density at radius 1 is 1.52 bits per heavy atom. The van der Waals surface area contributed by atoms with Crippen LogP contribution in [-0.2, 0) is 11.2 Å². The Hall–Kier alpha value is -1.17. The van der Waals surface area contributed by atoms with Gasteiger partial charge < -0.3 is 14.9 Å². The second-order valence-electron chi connectivity index (χ2n) is 5.90. The predicted molar refractivity (Wildman–Crippen MR) is 79.8 cm³/mol. The molecule has 0 aliphatic carbocycles. The van der Waals surface area contributed by atoms with E-state index in [1.165, 1.54) is 12.1 Å². The normalized spacial score (nSPS) is 22.1. The van der Waals surface area contributed by atoms with Crippen molar-refractivity contribution in [3.63, 3.8) is 0 Å². The van der Waals surface area contributed by atoms with E-state index in [9.17, 15) is 14.3 Å². The summed E-state index contributed by atoms with van der Waals surface area (Å²) in [4.78, 5) is 15.7. The molecule has 1 heterocycles. The van der Waals surface area contributed by atoms with Crippen LogP contribution in [0.4, 0.5) is 4.39 Å². The molecule has 1 amide bonds. The second kappa shape index (κ2) is 6.30. The lowest BCUT2D eigenvalue weighted by Crippen LogP contribution is -2.43. The molecule has 1 saturated heterocycles. The summed E-state index contributed by atoms with van der Waals surface area (Å²) in [6, 6.07) is 4.37. The van der Waals surface area contributed by atoms with E-state index >= 15 is 0 Å². The Labute approximate surface area is 129 Å². The number of likely N-dealkylation sites (tertiary alicyclic amines) is 1. The summed E-state index contributed by atoms with van der Waals surface area (Å²) in [5.74, 6) is -0.685. The number of β-amino-alcohol motifs (C(OH)–C–C–N with tert-alkyl or cyclic N) is 1. The van der Waals surface area contributed by atoms with Crippen LogP contribution < -0.4 is 0 Å². The lowest BCUT2D eigenvalue weighted by molar-refractivity contribution is -0.130. The number of carbonyl (C=O) groups is 1. The maximum absolute atomic E-state index is 13.7. The van der Waals surface area contributed by atoms with Crippen molar-refractivity contribution >= 4 is 17.5 Å². The highest BCUT2D eigenvalue weighted by molar-refractivity contribution is 6.31. The van der Waals surface area contributed by atoms with E-state index in [0.29, 0.717) is 19.5 Å². The first kappa shape index (κ1) is 16.2. The first-order valence-electron chi connectivity index (χ1n) is 6.88. The summed E-state index contributed by atoms with van der Waals surface area (Å²) in [5, 5.41) is 10.7. The molecule has 6 heteroatoms. The first-order chi connectivity index (χ1) is 9.81. The predicted octanol–water partition coefficient (Wildman–Crippen LogP) is 1.55. The van der Waals surface area contributed by atoms with Gasteiger partial charge in [-0.05, 0) is 32.6 Å². The van der Waals surface area contributed by atoms with Gasteiger partial charge in [0.1, 0.15) is 5.82 Å². The van der Waals surface area contributed by atoms with E-state index < -0.39 is 11.4 Å². The number of hydrogen-bond acceptors (Lipinski definition) is 3. The summed E-state index contributed by atoms with van der Waals surface area (Å²) in [7, 11) is 3.75. The largest absolute Gasteiger partial charge is 0.387 e. The van der Waals surface area contributed by atoms with E-state index in [0.717, 1.165) is 0 Å². The number of aliphatic hydroxyl groups is 1. The summed E-state index contributed by atoms with van der Waals surface area (Å²) in [6.07, 6.45) is 0.450. The number of rotatable bonds is 4. The SMILES string of the molecule is CN(C)CC1(O)CCN(C(=O)Cc2c(F)cccc2Cl)C1. The standard InChI is InChI=1S/C15H20ClFN2O2/c1-18(2)9-15(21)6-7-19(10-15)14(20)8-11-12(16)4-3-5-13(11)17/h3-5,21H,6-10H2,1-2H3. The van der Waals surface area contributed by atoms with E-state index in [2.05, 4.69) is 0 Å². The highest BCUT2D eigenvalue weighted by atomic mass is 35.5. The Morgan fingerprint density at radius 3 is 2.86 bits per heavy atom. The zero-order valence-electron chi connectivity index (χ0n) is 12.3. The quantitative estimate of drug-likeness (QED) is 0.917. The van der Waals surface area contributed by atoms with Crippen LogP contribution in [0.25, 0.3) is 0 Å². The van der Waals surface area contributed by atoms with Gasteiger partial charge in [0.25, 0.3) is 0 Å². The molecule has 1 aliphatic rings. The van der Waals surface area contributed by atoms with Gasteiger partial charge in [0.15, 0.2) is 0 Å². The monoisotopic (exact) mass is 314 g/mol. The van der Waals surface area contributed by atoms with Gasteiger partial charge in [-0.25, -0.2) is 4.39 Å². The number of carbonyl (C=O) groups excluding carboxylic acids is 1. The van der Waals surface area contributed by atoms with Crippen molar-refractivity contribution < 1.29 is 14.3 Å². The Morgan fingerprint density at radius 2 is 2.24 bits per heavy atom. The fourth-order valence-electron chi connectivity index (χ4n) is 2.75. The molecule has 4 nitrogen and oxygen atoms in total. The molecule has 1 N–H and O–H groups in total. The molecule has 0 radical (unpaired) electrons. The van der Waals surface area contributed by atoms with Crippen molar-refractivity contribution in [3.8, 4) is 0 Å². The van der Waals surface area contributed by atoms with Gasteiger partial charge in [-0.2, -0.15) is 0 Å². The third kappa shape index (κ3) is 3.93. The van der Waals surface area contributed by atoms with Crippen LogP contribution in [-0.4, -0.2) is 60.1 Å². The Balaban J connectivity index is 2.02. The fraction of sp³-hybridized carbons (Fsp3) is 0.533. The molecule has 2 rings (SSSR count). The van der Waals surface area contributed by atoms with Crippen LogP contribution in [0.1, 0.15) is 12.0 Å². The number of amides is 1. The van der Waals surface area contributed by atoms with Crippen molar-refractivity contribution in [1.29, 1.82) is 0 Å². The number of benzene rings is 1. The maximum Gasteiger partial charge on any atom is 0.227 e. The minimum Gasteiger partial charge on any atom is -0.387 e. The van der Waals surface area contributed by atoms with Gasteiger partial charge in [0.2, 0.25) is 5.91 Å². The van der Waals surface area contributed by atoms with Crippen molar-refractivity contribution in [3.05, 3.63) is 34.6 Å². The fourth-order valence-corrected chi connectivity index (χ4v) is 2.98. The smallest absolute Gasteiger partial charge is 0.227 e. The van der Waals surface area contributed by atoms with E-state index in [1.54, 1.807) is 11.0 Å². The molecule has 0 bridgehead atoms. The lowest BCUT2D eigenvalue weighted by atomic mass is 10.0. The summed E-state index contributed by atoms with van der Waals surface area (Å²) in [5.41, 5.74) is -0.676. The minimum absolute atomic E-state index is 0.0798. The first-order valence-corrected chi connectivity index (χ1v) is 7.26. The van der Waals surface area contributed by atoms with Crippen molar-refractivity contribution in [2.45, 2.75) is 18.4 Å². The van der Waals surface area contributed by atoms with Crippen LogP contribution in [0.5, 0.6) is 0 Å². The molecule has 1 aromatic carbocycles.